The van der Waals surface area contributed by atoms with E-state index in [1.807, 2.05) is 0 Å². The molecule has 0 radical (unpaired) electrons. The van der Waals surface area contributed by atoms with Crippen LogP contribution in [0.15, 0.2) is 6.07 Å². The van der Waals surface area contributed by atoms with E-state index < -0.39 is 0 Å². The highest BCUT2D eigenvalue weighted by atomic mass is 32.1. The SMILES string of the molecule is CCc1cc2c(NN)nc(CCOCCOC)nc2s1. The smallest absolute Gasteiger partial charge is 0.152 e. The Labute approximate surface area is 122 Å². The molecule has 0 unspecified atom stereocenters. The zero-order chi connectivity index (χ0) is 14.4. The largest absolute Gasteiger partial charge is 0.382 e. The summed E-state index contributed by atoms with van der Waals surface area (Å²) in [5.41, 5.74) is 2.65. The molecule has 0 aliphatic rings. The first kappa shape index (κ1) is 15.1. The van der Waals surface area contributed by atoms with Crippen molar-refractivity contribution in [2.75, 3.05) is 32.4 Å². The van der Waals surface area contributed by atoms with Crippen molar-refractivity contribution in [3.8, 4) is 0 Å². The third kappa shape index (κ3) is 3.63. The predicted molar refractivity (Wildman–Crippen MR) is 81.0 cm³/mol. The summed E-state index contributed by atoms with van der Waals surface area (Å²) in [5, 5.41) is 0.985. The first-order valence-corrected chi connectivity index (χ1v) is 7.42. The van der Waals surface area contributed by atoms with Crippen LogP contribution in [-0.2, 0) is 22.3 Å². The molecule has 0 bridgehead atoms. The van der Waals surface area contributed by atoms with Gasteiger partial charge in [-0.05, 0) is 12.5 Å². The lowest BCUT2D eigenvalue weighted by molar-refractivity contribution is 0.0717. The fourth-order valence-corrected chi connectivity index (χ4v) is 2.81. The Bertz CT molecular complexity index is 559. The molecular weight excluding hydrogens is 276 g/mol. The molecule has 0 aromatic carbocycles. The molecule has 2 rings (SSSR count). The molecule has 2 aromatic rings. The molecule has 0 saturated carbocycles. The van der Waals surface area contributed by atoms with Gasteiger partial charge in [0.15, 0.2) is 5.82 Å². The van der Waals surface area contributed by atoms with Crippen LogP contribution in [0.1, 0.15) is 17.6 Å². The summed E-state index contributed by atoms with van der Waals surface area (Å²) in [6.07, 6.45) is 1.65. The summed E-state index contributed by atoms with van der Waals surface area (Å²) >= 11 is 1.68. The van der Waals surface area contributed by atoms with Crippen molar-refractivity contribution in [1.29, 1.82) is 0 Å². The Balaban J connectivity index is 2.09. The fraction of sp³-hybridized carbons (Fsp3) is 0.538. The van der Waals surface area contributed by atoms with Crippen molar-refractivity contribution in [3.63, 3.8) is 0 Å². The van der Waals surface area contributed by atoms with Crippen molar-refractivity contribution < 1.29 is 9.47 Å². The van der Waals surface area contributed by atoms with Crippen molar-refractivity contribution >= 4 is 27.4 Å². The molecular formula is C13H20N4O2S. The molecule has 0 aliphatic heterocycles. The second-order valence-corrected chi connectivity index (χ2v) is 5.39. The number of hydrogen-bond donors (Lipinski definition) is 2. The number of hydrogen-bond acceptors (Lipinski definition) is 7. The van der Waals surface area contributed by atoms with Gasteiger partial charge in [-0.2, -0.15) is 0 Å². The van der Waals surface area contributed by atoms with Gasteiger partial charge in [0.25, 0.3) is 0 Å². The third-order valence-electron chi connectivity index (χ3n) is 2.88. The molecule has 7 heteroatoms. The molecule has 2 aromatic heterocycles. The lowest BCUT2D eigenvalue weighted by Gasteiger charge is -2.06. The second-order valence-electron chi connectivity index (χ2n) is 4.27. The van der Waals surface area contributed by atoms with Crippen LogP contribution in [0, 0.1) is 0 Å². The van der Waals surface area contributed by atoms with E-state index in [-0.39, 0.29) is 0 Å². The number of thiophene rings is 1. The molecule has 20 heavy (non-hydrogen) atoms. The molecule has 0 spiro atoms. The number of rotatable bonds is 8. The minimum absolute atomic E-state index is 0.574. The van der Waals surface area contributed by atoms with Crippen molar-refractivity contribution in [2.24, 2.45) is 5.84 Å². The Kier molecular flexibility index (Phi) is 5.66. The van der Waals surface area contributed by atoms with E-state index in [4.69, 9.17) is 15.3 Å². The van der Waals surface area contributed by atoms with Crippen LogP contribution in [0.5, 0.6) is 0 Å². The summed E-state index contributed by atoms with van der Waals surface area (Å²) < 4.78 is 10.4. The van der Waals surface area contributed by atoms with E-state index in [9.17, 15) is 0 Å². The molecule has 110 valence electrons. The number of anilines is 1. The van der Waals surface area contributed by atoms with Crippen LogP contribution in [0.3, 0.4) is 0 Å². The van der Waals surface area contributed by atoms with E-state index in [0.717, 1.165) is 22.5 Å². The van der Waals surface area contributed by atoms with Gasteiger partial charge < -0.3 is 14.9 Å². The summed E-state index contributed by atoms with van der Waals surface area (Å²) in [5.74, 6) is 6.97. The number of nitrogens with zero attached hydrogens (tertiary/aromatic N) is 2. The number of nitrogens with two attached hydrogens (primary N) is 1. The van der Waals surface area contributed by atoms with Crippen molar-refractivity contribution in [2.45, 2.75) is 19.8 Å². The molecule has 0 aliphatic carbocycles. The Morgan fingerprint density at radius 1 is 1.30 bits per heavy atom. The molecule has 0 saturated heterocycles. The number of aryl methyl sites for hydroxylation is 1. The number of nitrogens with one attached hydrogen (secondary N) is 1. The lowest BCUT2D eigenvalue weighted by Crippen LogP contribution is -2.12. The van der Waals surface area contributed by atoms with Gasteiger partial charge in [-0.25, -0.2) is 15.8 Å². The van der Waals surface area contributed by atoms with Gasteiger partial charge in [0.2, 0.25) is 0 Å². The van der Waals surface area contributed by atoms with Crippen LogP contribution in [-0.4, -0.2) is 36.9 Å². The number of methoxy groups -OCH3 is 1. The van der Waals surface area contributed by atoms with Gasteiger partial charge >= 0.3 is 0 Å². The zero-order valence-corrected chi connectivity index (χ0v) is 12.6. The first-order chi connectivity index (χ1) is 9.78. The standard InChI is InChI=1S/C13H20N4O2S/c1-3-9-8-10-12(17-14)15-11(16-13(10)20-9)4-5-19-7-6-18-2/h8H,3-7,14H2,1-2H3,(H,15,16,17). The number of fused-ring (bicyclic) bond motifs is 1. The van der Waals surface area contributed by atoms with Gasteiger partial charge in [0.1, 0.15) is 10.7 Å². The average Bonchev–Trinajstić information content (AvgIpc) is 2.89. The highest BCUT2D eigenvalue weighted by molar-refractivity contribution is 7.18. The number of nitrogen functional groups attached to an aromatic ring is 1. The maximum absolute atomic E-state index is 5.55. The number of aromatic nitrogens is 2. The monoisotopic (exact) mass is 296 g/mol. The normalized spacial score (nSPS) is 11.2. The maximum Gasteiger partial charge on any atom is 0.152 e. The highest BCUT2D eigenvalue weighted by Gasteiger charge is 2.10. The molecule has 2 heterocycles. The molecule has 6 nitrogen and oxygen atoms in total. The predicted octanol–water partition coefficient (Wildman–Crippen LogP) is 1.74. The number of ether oxygens (including phenoxy) is 2. The Morgan fingerprint density at radius 2 is 2.15 bits per heavy atom. The topological polar surface area (TPSA) is 82.3 Å². The minimum atomic E-state index is 0.574. The molecule has 3 N–H and O–H groups in total. The van der Waals surface area contributed by atoms with E-state index >= 15 is 0 Å². The first-order valence-electron chi connectivity index (χ1n) is 6.61. The van der Waals surface area contributed by atoms with Gasteiger partial charge in [-0.15, -0.1) is 11.3 Å². The van der Waals surface area contributed by atoms with Gasteiger partial charge in [0, 0.05) is 18.4 Å². The van der Waals surface area contributed by atoms with E-state index in [2.05, 4.69) is 28.4 Å². The second kappa shape index (κ2) is 7.49. The average molecular weight is 296 g/mol. The fourth-order valence-electron chi connectivity index (χ4n) is 1.82. The van der Waals surface area contributed by atoms with Crippen LogP contribution in [0.4, 0.5) is 5.82 Å². The Hall–Kier alpha value is -1.28. The van der Waals surface area contributed by atoms with Crippen molar-refractivity contribution in [1.82, 2.24) is 9.97 Å². The highest BCUT2D eigenvalue weighted by Crippen LogP contribution is 2.28. The van der Waals surface area contributed by atoms with Gasteiger partial charge in [-0.3, -0.25) is 0 Å². The zero-order valence-electron chi connectivity index (χ0n) is 11.8. The third-order valence-corrected chi connectivity index (χ3v) is 4.05. The summed E-state index contributed by atoms with van der Waals surface area (Å²) in [4.78, 5) is 11.3. The molecule has 0 amide bonds. The van der Waals surface area contributed by atoms with E-state index in [0.29, 0.717) is 32.1 Å². The van der Waals surface area contributed by atoms with Crippen LogP contribution >= 0.6 is 11.3 Å². The van der Waals surface area contributed by atoms with E-state index in [1.54, 1.807) is 18.4 Å². The summed E-state index contributed by atoms with van der Waals surface area (Å²) in [6, 6.07) is 2.09. The van der Waals surface area contributed by atoms with E-state index in [1.165, 1.54) is 4.88 Å². The molecule has 0 fully saturated rings. The van der Waals surface area contributed by atoms with Gasteiger partial charge in [-0.1, -0.05) is 6.92 Å². The Morgan fingerprint density at radius 3 is 2.85 bits per heavy atom. The quantitative estimate of drug-likeness (QED) is 0.439. The van der Waals surface area contributed by atoms with Crippen molar-refractivity contribution in [3.05, 3.63) is 16.8 Å². The van der Waals surface area contributed by atoms with Crippen LogP contribution in [0.2, 0.25) is 0 Å². The maximum atomic E-state index is 5.55. The number of hydrazine groups is 1. The summed E-state index contributed by atoms with van der Waals surface area (Å²) in [6.45, 7) is 3.88. The molecule has 0 atom stereocenters. The summed E-state index contributed by atoms with van der Waals surface area (Å²) in [7, 11) is 1.65. The van der Waals surface area contributed by atoms with Crippen LogP contribution in [0.25, 0.3) is 10.2 Å². The lowest BCUT2D eigenvalue weighted by atomic mass is 10.3. The minimum Gasteiger partial charge on any atom is -0.382 e. The van der Waals surface area contributed by atoms with Crippen LogP contribution < -0.4 is 11.3 Å². The van der Waals surface area contributed by atoms with Gasteiger partial charge in [0.05, 0.1) is 25.2 Å².